The van der Waals surface area contributed by atoms with Crippen molar-refractivity contribution in [3.8, 4) is 11.1 Å². The van der Waals surface area contributed by atoms with Crippen molar-refractivity contribution < 1.29 is 19.1 Å². The fourth-order valence-corrected chi connectivity index (χ4v) is 2.82. The molecule has 2 aromatic carbocycles. The summed E-state index contributed by atoms with van der Waals surface area (Å²) in [6, 6.07) is 14.5. The minimum Gasteiger partial charge on any atom is -0.465 e. The normalized spacial score (nSPS) is 16.7. The number of nitrogens with one attached hydrogen (secondary N) is 2. The number of benzene rings is 2. The highest BCUT2D eigenvalue weighted by Gasteiger charge is 2.15. The average Bonchev–Trinajstić information content (AvgIpc) is 2.72. The molecule has 2 aromatic rings. The van der Waals surface area contributed by atoms with Crippen LogP contribution in [0.4, 0.5) is 0 Å². The second kappa shape index (κ2) is 8.60. The Balaban J connectivity index is 1.67. The van der Waals surface area contributed by atoms with Gasteiger partial charge in [0.05, 0.1) is 25.4 Å². The van der Waals surface area contributed by atoms with E-state index < -0.39 is 0 Å². The lowest BCUT2D eigenvalue weighted by Crippen LogP contribution is -2.45. The monoisotopic (exact) mass is 354 g/mol. The number of carbonyl (C=O) groups is 2. The number of hydrogen-bond donors (Lipinski definition) is 2. The smallest absolute Gasteiger partial charge is 0.337 e. The molecule has 6 heteroatoms. The molecule has 3 rings (SSSR count). The number of morpholine rings is 1. The Hall–Kier alpha value is -2.70. The van der Waals surface area contributed by atoms with Crippen LogP contribution in [-0.2, 0) is 9.47 Å². The van der Waals surface area contributed by atoms with Crippen molar-refractivity contribution in [3.05, 3.63) is 59.7 Å². The van der Waals surface area contributed by atoms with Crippen LogP contribution in [0.1, 0.15) is 20.7 Å². The maximum absolute atomic E-state index is 12.4. The molecule has 2 N–H and O–H groups in total. The zero-order valence-electron chi connectivity index (χ0n) is 14.7. The van der Waals surface area contributed by atoms with E-state index in [1.54, 1.807) is 18.2 Å². The Kier molecular flexibility index (Phi) is 5.99. The van der Waals surface area contributed by atoms with Gasteiger partial charge in [0, 0.05) is 25.2 Å². The summed E-state index contributed by atoms with van der Waals surface area (Å²) in [6.07, 6.45) is 0.00162. The molecule has 136 valence electrons. The van der Waals surface area contributed by atoms with Gasteiger partial charge in [-0.1, -0.05) is 24.3 Å². The van der Waals surface area contributed by atoms with E-state index in [0.29, 0.717) is 24.3 Å². The molecule has 1 saturated heterocycles. The van der Waals surface area contributed by atoms with Crippen LogP contribution >= 0.6 is 0 Å². The van der Waals surface area contributed by atoms with Crippen molar-refractivity contribution in [2.45, 2.75) is 6.10 Å². The van der Waals surface area contributed by atoms with Crippen molar-refractivity contribution in [1.29, 1.82) is 0 Å². The maximum atomic E-state index is 12.4. The SMILES string of the molecule is COC(=O)c1ccc(-c2cccc(C(=O)NC[C@@H]3CNCCO3)c2)cc1. The molecule has 0 saturated carbocycles. The summed E-state index contributed by atoms with van der Waals surface area (Å²) in [5, 5.41) is 6.15. The van der Waals surface area contributed by atoms with Gasteiger partial charge in [-0.15, -0.1) is 0 Å². The van der Waals surface area contributed by atoms with Crippen LogP contribution in [0.3, 0.4) is 0 Å². The summed E-state index contributed by atoms with van der Waals surface area (Å²) in [5.74, 6) is -0.503. The second-order valence-corrected chi connectivity index (χ2v) is 6.06. The van der Waals surface area contributed by atoms with E-state index in [9.17, 15) is 9.59 Å². The predicted octanol–water partition coefficient (Wildman–Crippen LogP) is 1.86. The van der Waals surface area contributed by atoms with Gasteiger partial charge in [-0.2, -0.15) is 0 Å². The zero-order chi connectivity index (χ0) is 18.4. The van der Waals surface area contributed by atoms with Crippen molar-refractivity contribution in [3.63, 3.8) is 0 Å². The number of rotatable bonds is 5. The minimum absolute atomic E-state index is 0.00162. The van der Waals surface area contributed by atoms with Crippen molar-refractivity contribution in [1.82, 2.24) is 10.6 Å². The van der Waals surface area contributed by atoms with E-state index in [1.807, 2.05) is 30.3 Å². The van der Waals surface area contributed by atoms with E-state index in [4.69, 9.17) is 9.47 Å². The van der Waals surface area contributed by atoms with E-state index in [0.717, 1.165) is 24.2 Å². The van der Waals surface area contributed by atoms with Gasteiger partial charge in [0.15, 0.2) is 0 Å². The Bertz CT molecular complexity index is 768. The lowest BCUT2D eigenvalue weighted by atomic mass is 10.0. The van der Waals surface area contributed by atoms with Crippen molar-refractivity contribution in [2.75, 3.05) is 33.4 Å². The molecule has 1 aliphatic rings. The molecule has 0 unspecified atom stereocenters. The molecule has 0 aromatic heterocycles. The Labute approximate surface area is 152 Å². The molecular weight excluding hydrogens is 332 g/mol. The van der Waals surface area contributed by atoms with Gasteiger partial charge in [0.25, 0.3) is 5.91 Å². The average molecular weight is 354 g/mol. The van der Waals surface area contributed by atoms with Gasteiger partial charge in [-0.3, -0.25) is 4.79 Å². The third-order valence-corrected chi connectivity index (χ3v) is 4.26. The summed E-state index contributed by atoms with van der Waals surface area (Å²) in [4.78, 5) is 23.9. The number of amides is 1. The van der Waals surface area contributed by atoms with E-state index in [1.165, 1.54) is 7.11 Å². The third kappa shape index (κ3) is 4.47. The largest absolute Gasteiger partial charge is 0.465 e. The number of ether oxygens (including phenoxy) is 2. The predicted molar refractivity (Wildman–Crippen MR) is 98.2 cm³/mol. The van der Waals surface area contributed by atoms with Gasteiger partial charge in [-0.25, -0.2) is 4.79 Å². The molecule has 0 bridgehead atoms. The quantitative estimate of drug-likeness (QED) is 0.802. The first-order valence-corrected chi connectivity index (χ1v) is 8.56. The third-order valence-electron chi connectivity index (χ3n) is 4.26. The van der Waals surface area contributed by atoms with Gasteiger partial charge in [0.2, 0.25) is 0 Å². The van der Waals surface area contributed by atoms with E-state index in [-0.39, 0.29) is 18.0 Å². The van der Waals surface area contributed by atoms with Crippen LogP contribution in [0, 0.1) is 0 Å². The number of hydrogen-bond acceptors (Lipinski definition) is 5. The number of esters is 1. The van der Waals surface area contributed by atoms with Gasteiger partial charge < -0.3 is 20.1 Å². The summed E-state index contributed by atoms with van der Waals surface area (Å²) in [5.41, 5.74) is 2.91. The first kappa shape index (κ1) is 18.1. The summed E-state index contributed by atoms with van der Waals surface area (Å²) >= 11 is 0. The molecule has 1 heterocycles. The topological polar surface area (TPSA) is 76.7 Å². The molecule has 0 radical (unpaired) electrons. The maximum Gasteiger partial charge on any atom is 0.337 e. The van der Waals surface area contributed by atoms with Gasteiger partial charge in [-0.05, 0) is 35.4 Å². The zero-order valence-corrected chi connectivity index (χ0v) is 14.7. The van der Waals surface area contributed by atoms with Crippen LogP contribution in [0.5, 0.6) is 0 Å². The van der Waals surface area contributed by atoms with Crippen LogP contribution < -0.4 is 10.6 Å². The van der Waals surface area contributed by atoms with Crippen LogP contribution in [-0.4, -0.2) is 51.3 Å². The lowest BCUT2D eigenvalue weighted by Gasteiger charge is -2.23. The van der Waals surface area contributed by atoms with Crippen molar-refractivity contribution in [2.24, 2.45) is 0 Å². The molecular formula is C20H22N2O4. The summed E-state index contributed by atoms with van der Waals surface area (Å²) in [7, 11) is 1.35. The Morgan fingerprint density at radius 3 is 2.65 bits per heavy atom. The van der Waals surface area contributed by atoms with E-state index in [2.05, 4.69) is 10.6 Å². The Morgan fingerprint density at radius 1 is 1.15 bits per heavy atom. The first-order chi connectivity index (χ1) is 12.7. The molecule has 1 amide bonds. The lowest BCUT2D eigenvalue weighted by molar-refractivity contribution is 0.0287. The van der Waals surface area contributed by atoms with Crippen molar-refractivity contribution >= 4 is 11.9 Å². The standard InChI is InChI=1S/C20H22N2O4/c1-25-20(24)15-7-5-14(6-8-15)16-3-2-4-17(11-16)19(23)22-13-18-12-21-9-10-26-18/h2-8,11,18,21H,9-10,12-13H2,1H3,(H,22,23)/t18-/m0/s1. The Morgan fingerprint density at radius 2 is 1.96 bits per heavy atom. The van der Waals surface area contributed by atoms with Gasteiger partial charge in [0.1, 0.15) is 0 Å². The van der Waals surface area contributed by atoms with E-state index >= 15 is 0 Å². The molecule has 1 fully saturated rings. The number of methoxy groups -OCH3 is 1. The summed E-state index contributed by atoms with van der Waals surface area (Å²) < 4.78 is 10.3. The summed E-state index contributed by atoms with van der Waals surface area (Å²) in [6.45, 7) is 2.73. The molecule has 0 aliphatic carbocycles. The van der Waals surface area contributed by atoms with Gasteiger partial charge >= 0.3 is 5.97 Å². The van der Waals surface area contributed by atoms with Crippen LogP contribution in [0.2, 0.25) is 0 Å². The van der Waals surface area contributed by atoms with Crippen LogP contribution in [0.25, 0.3) is 11.1 Å². The minimum atomic E-state index is -0.371. The fraction of sp³-hybridized carbons (Fsp3) is 0.300. The second-order valence-electron chi connectivity index (χ2n) is 6.06. The molecule has 6 nitrogen and oxygen atoms in total. The highest BCUT2D eigenvalue weighted by molar-refractivity contribution is 5.95. The van der Waals surface area contributed by atoms with Crippen LogP contribution in [0.15, 0.2) is 48.5 Å². The molecule has 1 atom stereocenters. The highest BCUT2D eigenvalue weighted by Crippen LogP contribution is 2.21. The molecule has 0 spiro atoms. The number of carbonyl (C=O) groups excluding carboxylic acids is 2. The molecule has 26 heavy (non-hydrogen) atoms. The first-order valence-electron chi connectivity index (χ1n) is 8.56. The highest BCUT2D eigenvalue weighted by atomic mass is 16.5. The fourth-order valence-electron chi connectivity index (χ4n) is 2.82. The molecule has 1 aliphatic heterocycles.